The van der Waals surface area contributed by atoms with E-state index in [1.165, 1.54) is 16.8 Å². The molecule has 2 aromatic heterocycles. The van der Waals surface area contributed by atoms with E-state index in [9.17, 15) is 18.0 Å². The van der Waals surface area contributed by atoms with Crippen molar-refractivity contribution < 1.29 is 17.9 Å². The molecule has 32 heavy (non-hydrogen) atoms. The number of halogens is 3. The van der Waals surface area contributed by atoms with E-state index in [4.69, 9.17) is 4.74 Å². The van der Waals surface area contributed by atoms with Gasteiger partial charge in [-0.25, -0.2) is 4.98 Å². The zero-order chi connectivity index (χ0) is 22.3. The van der Waals surface area contributed by atoms with Crippen molar-refractivity contribution in [2.24, 2.45) is 0 Å². The lowest BCUT2D eigenvalue weighted by Gasteiger charge is -2.22. The van der Waals surface area contributed by atoms with Gasteiger partial charge in [0.2, 0.25) is 5.95 Å². The third-order valence-electron chi connectivity index (χ3n) is 5.78. The summed E-state index contributed by atoms with van der Waals surface area (Å²) < 4.78 is 46.2. The lowest BCUT2D eigenvalue weighted by molar-refractivity contribution is -0.137. The molecule has 1 atom stereocenters. The highest BCUT2D eigenvalue weighted by Crippen LogP contribution is 2.31. The van der Waals surface area contributed by atoms with E-state index in [1.54, 1.807) is 0 Å². The van der Waals surface area contributed by atoms with Gasteiger partial charge in [-0.1, -0.05) is 24.3 Å². The summed E-state index contributed by atoms with van der Waals surface area (Å²) in [5.74, 6) is 0.320. The molecular formula is C23H21F3N4O2. The molecule has 1 aliphatic heterocycles. The first-order valence-electron chi connectivity index (χ1n) is 10.5. The molecule has 2 aromatic carbocycles. The first kappa shape index (κ1) is 20.6. The Labute approximate surface area is 181 Å². The SMILES string of the molecule is O=c1c(CC2CCCCO2)c(-c2ccc(C(F)(F)F)cc2)[nH]n1-c1nc2ccccc2[nH]1. The number of H-pyrrole nitrogens is 2. The van der Waals surface area contributed by atoms with Gasteiger partial charge in [0, 0.05) is 18.6 Å². The van der Waals surface area contributed by atoms with Crippen molar-refractivity contribution in [2.45, 2.75) is 38.0 Å². The molecule has 0 radical (unpaired) electrons. The minimum Gasteiger partial charge on any atom is -0.378 e. The molecule has 1 fully saturated rings. The molecule has 0 amide bonds. The molecule has 1 unspecified atom stereocenters. The first-order chi connectivity index (χ1) is 15.4. The number of aromatic nitrogens is 4. The number of nitrogens with one attached hydrogen (secondary N) is 2. The van der Waals surface area contributed by atoms with E-state index < -0.39 is 11.7 Å². The molecular weight excluding hydrogens is 421 g/mol. The van der Waals surface area contributed by atoms with Crippen LogP contribution in [0.15, 0.2) is 53.3 Å². The van der Waals surface area contributed by atoms with E-state index >= 15 is 0 Å². The Morgan fingerprint density at radius 3 is 2.56 bits per heavy atom. The van der Waals surface area contributed by atoms with Gasteiger partial charge in [0.25, 0.3) is 5.56 Å². The number of ether oxygens (including phenoxy) is 1. The molecule has 0 spiro atoms. The Bertz CT molecular complexity index is 1260. The summed E-state index contributed by atoms with van der Waals surface area (Å²) in [6.07, 6.45) is -1.32. The smallest absolute Gasteiger partial charge is 0.378 e. The maximum Gasteiger partial charge on any atom is 0.416 e. The molecule has 9 heteroatoms. The molecule has 1 aliphatic rings. The molecule has 2 N–H and O–H groups in total. The normalized spacial score (nSPS) is 17.2. The number of alkyl halides is 3. The number of hydrogen-bond donors (Lipinski definition) is 2. The average Bonchev–Trinajstić information content (AvgIpc) is 3.35. The van der Waals surface area contributed by atoms with E-state index in [1.807, 2.05) is 24.3 Å². The summed E-state index contributed by atoms with van der Waals surface area (Å²) in [5.41, 5.74) is 1.88. The fraction of sp³-hybridized carbons (Fsp3) is 0.304. The van der Waals surface area contributed by atoms with Crippen molar-refractivity contribution >= 4 is 11.0 Å². The van der Waals surface area contributed by atoms with Gasteiger partial charge < -0.3 is 9.72 Å². The zero-order valence-corrected chi connectivity index (χ0v) is 17.1. The van der Waals surface area contributed by atoms with Crippen LogP contribution in [0.4, 0.5) is 13.2 Å². The predicted molar refractivity (Wildman–Crippen MR) is 114 cm³/mol. The van der Waals surface area contributed by atoms with Gasteiger partial charge in [-0.3, -0.25) is 9.89 Å². The standard InChI is InChI=1S/C23H21F3N4O2/c24-23(25,26)15-10-8-14(9-11-15)20-17(13-16-5-3-4-12-32-16)21(31)30(29-20)22-27-18-6-1-2-7-19(18)28-22/h1-2,6-11,16,29H,3-5,12-13H2,(H,27,28). The largest absolute Gasteiger partial charge is 0.416 e. The fourth-order valence-corrected chi connectivity index (χ4v) is 4.12. The van der Waals surface area contributed by atoms with Crippen molar-refractivity contribution in [3.05, 3.63) is 70.0 Å². The third-order valence-corrected chi connectivity index (χ3v) is 5.78. The summed E-state index contributed by atoms with van der Waals surface area (Å²) >= 11 is 0. The van der Waals surface area contributed by atoms with Gasteiger partial charge in [0.1, 0.15) is 0 Å². The second-order valence-corrected chi connectivity index (χ2v) is 7.95. The number of hydrogen-bond acceptors (Lipinski definition) is 3. The van der Waals surface area contributed by atoms with Crippen molar-refractivity contribution in [2.75, 3.05) is 6.61 Å². The fourth-order valence-electron chi connectivity index (χ4n) is 4.12. The number of aromatic amines is 2. The highest BCUT2D eigenvalue weighted by molar-refractivity contribution is 5.76. The highest BCUT2D eigenvalue weighted by Gasteiger charge is 2.30. The minimum atomic E-state index is -4.43. The van der Waals surface area contributed by atoms with Gasteiger partial charge >= 0.3 is 6.18 Å². The van der Waals surface area contributed by atoms with Crippen molar-refractivity contribution in [3.63, 3.8) is 0 Å². The number of benzene rings is 2. The number of fused-ring (bicyclic) bond motifs is 1. The van der Waals surface area contributed by atoms with Crippen LogP contribution in [0, 0.1) is 0 Å². The second kappa shape index (κ2) is 7.98. The lowest BCUT2D eigenvalue weighted by Crippen LogP contribution is -2.26. The highest BCUT2D eigenvalue weighted by atomic mass is 19.4. The monoisotopic (exact) mass is 442 g/mol. The van der Waals surface area contributed by atoms with Crippen LogP contribution in [-0.2, 0) is 17.3 Å². The van der Waals surface area contributed by atoms with Crippen LogP contribution in [0.25, 0.3) is 28.2 Å². The summed E-state index contributed by atoms with van der Waals surface area (Å²) in [4.78, 5) is 21.0. The van der Waals surface area contributed by atoms with Crippen molar-refractivity contribution in [1.29, 1.82) is 0 Å². The van der Waals surface area contributed by atoms with Gasteiger partial charge in [-0.15, -0.1) is 0 Å². The molecule has 4 aromatic rings. The topological polar surface area (TPSA) is 75.7 Å². The molecule has 0 bridgehead atoms. The van der Waals surface area contributed by atoms with E-state index in [0.717, 1.165) is 36.9 Å². The van der Waals surface area contributed by atoms with Gasteiger partial charge in [-0.05, 0) is 49.1 Å². The third kappa shape index (κ3) is 3.84. The van der Waals surface area contributed by atoms with Crippen LogP contribution in [0.2, 0.25) is 0 Å². The molecule has 166 valence electrons. The van der Waals surface area contributed by atoms with Crippen LogP contribution in [0.3, 0.4) is 0 Å². The maximum absolute atomic E-state index is 13.4. The molecule has 0 saturated carbocycles. The summed E-state index contributed by atoms with van der Waals surface area (Å²) in [6, 6.07) is 12.2. The van der Waals surface area contributed by atoms with Crippen molar-refractivity contribution in [3.8, 4) is 17.2 Å². The zero-order valence-electron chi connectivity index (χ0n) is 17.1. The van der Waals surface area contributed by atoms with Gasteiger partial charge in [0.05, 0.1) is 28.4 Å². The van der Waals surface area contributed by atoms with E-state index in [0.29, 0.717) is 41.3 Å². The van der Waals surface area contributed by atoms with Gasteiger partial charge in [-0.2, -0.15) is 17.9 Å². The van der Waals surface area contributed by atoms with E-state index in [2.05, 4.69) is 15.1 Å². The summed E-state index contributed by atoms with van der Waals surface area (Å²) in [5, 5.41) is 3.07. The van der Waals surface area contributed by atoms with Crippen LogP contribution in [0.5, 0.6) is 0 Å². The van der Waals surface area contributed by atoms with Gasteiger partial charge in [0.15, 0.2) is 0 Å². The lowest BCUT2D eigenvalue weighted by atomic mass is 9.98. The average molecular weight is 442 g/mol. The van der Waals surface area contributed by atoms with Crippen LogP contribution in [-0.4, -0.2) is 32.5 Å². The Hall–Kier alpha value is -3.33. The van der Waals surface area contributed by atoms with E-state index in [-0.39, 0.29) is 11.7 Å². The Morgan fingerprint density at radius 1 is 1.09 bits per heavy atom. The van der Waals surface area contributed by atoms with Crippen LogP contribution < -0.4 is 5.56 Å². The number of imidazole rings is 1. The molecule has 0 aliphatic carbocycles. The van der Waals surface area contributed by atoms with Crippen molar-refractivity contribution in [1.82, 2.24) is 19.7 Å². The molecule has 6 nitrogen and oxygen atoms in total. The Balaban J connectivity index is 1.60. The molecule has 5 rings (SSSR count). The first-order valence-corrected chi connectivity index (χ1v) is 10.5. The van der Waals surface area contributed by atoms with Crippen LogP contribution >= 0.6 is 0 Å². The van der Waals surface area contributed by atoms with Crippen LogP contribution in [0.1, 0.15) is 30.4 Å². The number of para-hydroxylation sites is 2. The number of rotatable bonds is 4. The summed E-state index contributed by atoms with van der Waals surface area (Å²) in [7, 11) is 0. The second-order valence-electron chi connectivity index (χ2n) is 7.95. The predicted octanol–water partition coefficient (Wildman–Crippen LogP) is 4.84. The molecule has 3 heterocycles. The number of nitrogens with zero attached hydrogens (tertiary/aromatic N) is 2. The summed E-state index contributed by atoms with van der Waals surface area (Å²) in [6.45, 7) is 0.641. The maximum atomic E-state index is 13.4. The quantitative estimate of drug-likeness (QED) is 0.475. The Morgan fingerprint density at radius 2 is 1.88 bits per heavy atom. The Kier molecular flexibility index (Phi) is 5.13. The molecule has 1 saturated heterocycles. The minimum absolute atomic E-state index is 0.107.